The van der Waals surface area contributed by atoms with E-state index in [1.165, 1.54) is 5.20 Å². The van der Waals surface area contributed by atoms with E-state index >= 15 is 0 Å². The van der Waals surface area contributed by atoms with Crippen LogP contribution in [-0.4, -0.2) is 8.07 Å². The zero-order valence-electron chi connectivity index (χ0n) is 15.7. The summed E-state index contributed by atoms with van der Waals surface area (Å²) in [5, 5.41) is 2.95. The van der Waals surface area contributed by atoms with Crippen molar-refractivity contribution in [3.05, 3.63) is 90.3 Å². The molecule has 0 saturated carbocycles. The van der Waals surface area contributed by atoms with Gasteiger partial charge in [-0.1, -0.05) is 92.1 Å². The summed E-state index contributed by atoms with van der Waals surface area (Å²) in [5.74, 6) is 6.48. The highest BCUT2D eigenvalue weighted by atomic mass is 28.3. The molecule has 2 aromatic carbocycles. The normalized spacial score (nSPS) is 12.4. The standard InChI is InChI=1S/C22H28N2Si/c1-6-20(17-16-18(2)25(3,4)5)24(23)22-15-11-10-14-21(22)19-12-8-7-9-13-19/h6-17H,2,23H2,1,3-5H3/b17-16-,20-6+. The molecule has 2 aromatic rings. The predicted octanol–water partition coefficient (Wildman–Crippen LogP) is 5.93. The summed E-state index contributed by atoms with van der Waals surface area (Å²) in [6.45, 7) is 13.1. The van der Waals surface area contributed by atoms with Gasteiger partial charge in [0.25, 0.3) is 0 Å². The van der Waals surface area contributed by atoms with E-state index < -0.39 is 8.07 Å². The first-order valence-corrected chi connectivity index (χ1v) is 12.1. The quantitative estimate of drug-likeness (QED) is 0.303. The van der Waals surface area contributed by atoms with Gasteiger partial charge in [-0.2, -0.15) is 0 Å². The molecular formula is C22H28N2Si. The van der Waals surface area contributed by atoms with Crippen LogP contribution in [-0.2, 0) is 0 Å². The first kappa shape index (κ1) is 19.0. The van der Waals surface area contributed by atoms with Crippen molar-refractivity contribution >= 4 is 13.8 Å². The average molecular weight is 349 g/mol. The maximum absolute atomic E-state index is 6.48. The molecule has 3 heteroatoms. The average Bonchev–Trinajstić information content (AvgIpc) is 2.61. The monoisotopic (exact) mass is 348 g/mol. The van der Waals surface area contributed by atoms with E-state index in [1.54, 1.807) is 5.01 Å². The minimum absolute atomic E-state index is 0.947. The van der Waals surface area contributed by atoms with Gasteiger partial charge in [-0.05, 0) is 24.6 Å². The fraction of sp³-hybridized carbons (Fsp3) is 0.182. The Morgan fingerprint density at radius 2 is 1.56 bits per heavy atom. The Morgan fingerprint density at radius 3 is 2.16 bits per heavy atom. The molecule has 0 aliphatic rings. The summed E-state index contributed by atoms with van der Waals surface area (Å²) in [5.41, 5.74) is 4.19. The van der Waals surface area contributed by atoms with Gasteiger partial charge >= 0.3 is 0 Å². The smallest absolute Gasteiger partial charge is 0.0768 e. The number of para-hydroxylation sites is 1. The number of hydrogen-bond acceptors (Lipinski definition) is 2. The van der Waals surface area contributed by atoms with Gasteiger partial charge in [0.15, 0.2) is 0 Å². The Bertz CT molecular complexity index is 783. The summed E-state index contributed by atoms with van der Waals surface area (Å²) >= 11 is 0. The van der Waals surface area contributed by atoms with Gasteiger partial charge in [-0.3, -0.25) is 5.01 Å². The highest BCUT2D eigenvalue weighted by molar-refractivity contribution is 6.83. The van der Waals surface area contributed by atoms with Crippen LogP contribution in [0.4, 0.5) is 5.69 Å². The third-order valence-electron chi connectivity index (χ3n) is 4.24. The molecule has 0 saturated heterocycles. The summed E-state index contributed by atoms with van der Waals surface area (Å²) in [6.07, 6.45) is 6.19. The highest BCUT2D eigenvalue weighted by Gasteiger charge is 2.16. The van der Waals surface area contributed by atoms with Gasteiger partial charge in [-0.25, -0.2) is 5.84 Å². The molecule has 0 radical (unpaired) electrons. The maximum atomic E-state index is 6.48. The molecule has 0 unspecified atom stereocenters. The van der Waals surface area contributed by atoms with Crippen LogP contribution >= 0.6 is 0 Å². The van der Waals surface area contributed by atoms with E-state index in [0.717, 1.165) is 22.5 Å². The number of anilines is 1. The van der Waals surface area contributed by atoms with E-state index in [0.29, 0.717) is 0 Å². The van der Waals surface area contributed by atoms with Gasteiger partial charge in [0.1, 0.15) is 0 Å². The molecule has 0 aromatic heterocycles. The summed E-state index contributed by atoms with van der Waals surface area (Å²) in [7, 11) is -1.39. The predicted molar refractivity (Wildman–Crippen MR) is 114 cm³/mol. The number of hydrazine groups is 1. The van der Waals surface area contributed by atoms with Crippen molar-refractivity contribution in [2.45, 2.75) is 26.6 Å². The molecule has 130 valence electrons. The summed E-state index contributed by atoms with van der Waals surface area (Å²) < 4.78 is 0. The maximum Gasteiger partial charge on any atom is 0.0768 e. The van der Waals surface area contributed by atoms with Crippen LogP contribution in [0.25, 0.3) is 11.1 Å². The first-order chi connectivity index (χ1) is 11.8. The second-order valence-corrected chi connectivity index (χ2v) is 12.2. The van der Waals surface area contributed by atoms with Gasteiger partial charge in [-0.15, -0.1) is 0 Å². The minimum Gasteiger partial charge on any atom is -0.279 e. The Balaban J connectivity index is 2.35. The Morgan fingerprint density at radius 1 is 0.960 bits per heavy atom. The van der Waals surface area contributed by atoms with E-state index in [-0.39, 0.29) is 0 Å². The molecule has 0 amide bonds. The van der Waals surface area contributed by atoms with E-state index in [9.17, 15) is 0 Å². The molecule has 0 spiro atoms. The van der Waals surface area contributed by atoms with Crippen LogP contribution in [0.3, 0.4) is 0 Å². The topological polar surface area (TPSA) is 29.3 Å². The van der Waals surface area contributed by atoms with Gasteiger partial charge in [0.2, 0.25) is 0 Å². The second-order valence-electron chi connectivity index (χ2n) is 7.08. The van der Waals surface area contributed by atoms with Gasteiger partial charge in [0.05, 0.1) is 19.5 Å². The number of rotatable bonds is 6. The van der Waals surface area contributed by atoms with Crippen LogP contribution in [0.15, 0.2) is 90.3 Å². The zero-order chi connectivity index (χ0) is 18.4. The Labute approximate surface area is 153 Å². The van der Waals surface area contributed by atoms with Crippen LogP contribution in [0, 0.1) is 0 Å². The van der Waals surface area contributed by atoms with Crippen molar-refractivity contribution in [3.8, 4) is 11.1 Å². The lowest BCUT2D eigenvalue weighted by Crippen LogP contribution is -2.30. The number of nitrogens with zero attached hydrogens (tertiary/aromatic N) is 1. The van der Waals surface area contributed by atoms with Crippen molar-refractivity contribution in [1.29, 1.82) is 0 Å². The third kappa shape index (κ3) is 4.81. The summed E-state index contributed by atoms with van der Waals surface area (Å²) in [6, 6.07) is 18.5. The van der Waals surface area contributed by atoms with Crippen LogP contribution < -0.4 is 10.9 Å². The van der Waals surface area contributed by atoms with Crippen LogP contribution in [0.5, 0.6) is 0 Å². The van der Waals surface area contributed by atoms with Gasteiger partial charge < -0.3 is 0 Å². The molecule has 0 atom stereocenters. The van der Waals surface area contributed by atoms with E-state index in [1.807, 2.05) is 49.4 Å². The van der Waals surface area contributed by atoms with Crippen molar-refractivity contribution in [1.82, 2.24) is 0 Å². The number of allylic oxidation sites excluding steroid dienone is 4. The fourth-order valence-electron chi connectivity index (χ4n) is 2.44. The van der Waals surface area contributed by atoms with Crippen molar-refractivity contribution in [3.63, 3.8) is 0 Å². The minimum atomic E-state index is -1.39. The number of benzene rings is 2. The second kappa shape index (κ2) is 8.14. The lowest BCUT2D eigenvalue weighted by atomic mass is 10.0. The number of hydrogen-bond donors (Lipinski definition) is 1. The van der Waals surface area contributed by atoms with Crippen LogP contribution in [0.1, 0.15) is 6.92 Å². The SMILES string of the molecule is C=C(/C=C\C(=C/C)N(N)c1ccccc1-c1ccccc1)[Si](C)(C)C. The lowest BCUT2D eigenvalue weighted by molar-refractivity contribution is 1.02. The van der Waals surface area contributed by atoms with Gasteiger partial charge in [0, 0.05) is 5.56 Å². The molecule has 2 N–H and O–H groups in total. The fourth-order valence-corrected chi connectivity index (χ4v) is 3.02. The molecule has 0 fully saturated rings. The van der Waals surface area contributed by atoms with Crippen molar-refractivity contribution in [2.24, 2.45) is 5.84 Å². The molecule has 0 aliphatic carbocycles. The highest BCUT2D eigenvalue weighted by Crippen LogP contribution is 2.31. The zero-order valence-corrected chi connectivity index (χ0v) is 16.7. The Kier molecular flexibility index (Phi) is 6.18. The number of nitrogens with two attached hydrogens (primary N) is 1. The third-order valence-corrected chi connectivity index (χ3v) is 6.33. The summed E-state index contributed by atoms with van der Waals surface area (Å²) in [4.78, 5) is 0. The van der Waals surface area contributed by atoms with E-state index in [4.69, 9.17) is 5.84 Å². The van der Waals surface area contributed by atoms with Crippen molar-refractivity contribution < 1.29 is 0 Å². The molecule has 2 nitrogen and oxygen atoms in total. The van der Waals surface area contributed by atoms with E-state index in [2.05, 4.69) is 56.6 Å². The largest absolute Gasteiger partial charge is 0.279 e. The molecule has 25 heavy (non-hydrogen) atoms. The lowest BCUT2D eigenvalue weighted by Gasteiger charge is -2.23. The van der Waals surface area contributed by atoms with Crippen molar-refractivity contribution in [2.75, 3.05) is 5.01 Å². The molecule has 2 rings (SSSR count). The molecule has 0 aliphatic heterocycles. The molecular weight excluding hydrogens is 320 g/mol. The molecule has 0 bridgehead atoms. The Hall–Kier alpha value is -2.36. The van der Waals surface area contributed by atoms with Crippen LogP contribution in [0.2, 0.25) is 19.6 Å². The first-order valence-electron chi connectivity index (χ1n) is 8.57. The molecule has 0 heterocycles.